The first-order chi connectivity index (χ1) is 14.2. The molecule has 1 aliphatic rings. The van der Waals surface area contributed by atoms with Crippen molar-refractivity contribution in [3.05, 3.63) is 118 Å². The number of hydrogen-bond donors (Lipinski definition) is 0. The van der Waals surface area contributed by atoms with E-state index in [1.807, 2.05) is 84.9 Å². The molecule has 1 heterocycles. The zero-order valence-corrected chi connectivity index (χ0v) is 16.5. The van der Waals surface area contributed by atoms with Crippen molar-refractivity contribution in [3.8, 4) is 11.8 Å². The predicted octanol–water partition coefficient (Wildman–Crippen LogP) is 5.77. The Morgan fingerprint density at radius 1 is 0.828 bits per heavy atom. The lowest BCUT2D eigenvalue weighted by Gasteiger charge is -2.29. The predicted molar refractivity (Wildman–Crippen MR) is 115 cm³/mol. The van der Waals surface area contributed by atoms with E-state index in [2.05, 4.69) is 11.8 Å². The van der Waals surface area contributed by atoms with Crippen molar-refractivity contribution >= 4 is 17.6 Å². The molecular weight excluding hydrogens is 380 g/mol. The summed E-state index contributed by atoms with van der Waals surface area (Å²) in [6.45, 7) is 0. The van der Waals surface area contributed by atoms with Crippen LogP contribution in [0.4, 0.5) is 0 Å². The van der Waals surface area contributed by atoms with E-state index in [0.29, 0.717) is 11.4 Å². The number of benzene rings is 3. The summed E-state index contributed by atoms with van der Waals surface area (Å²) in [5, 5.41) is 0.673. The third-order valence-corrected chi connectivity index (χ3v) is 5.25. The van der Waals surface area contributed by atoms with Crippen LogP contribution in [0.1, 0.15) is 22.6 Å². The van der Waals surface area contributed by atoms with Crippen molar-refractivity contribution in [2.75, 3.05) is 0 Å². The van der Waals surface area contributed by atoms with Crippen LogP contribution in [-0.4, -0.2) is 5.97 Å². The van der Waals surface area contributed by atoms with E-state index in [4.69, 9.17) is 16.3 Å². The molecule has 29 heavy (non-hydrogen) atoms. The Balaban J connectivity index is 1.71. The zero-order chi connectivity index (χ0) is 20.1. The molecule has 1 aliphatic heterocycles. The number of carbonyl (C=O) groups is 1. The van der Waals surface area contributed by atoms with Crippen molar-refractivity contribution in [1.82, 2.24) is 0 Å². The maximum absolute atomic E-state index is 12.7. The molecule has 0 aromatic heterocycles. The van der Waals surface area contributed by atoms with Gasteiger partial charge in [-0.2, -0.15) is 0 Å². The lowest BCUT2D eigenvalue weighted by atomic mass is 9.77. The van der Waals surface area contributed by atoms with Gasteiger partial charge in [-0.3, -0.25) is 4.79 Å². The van der Waals surface area contributed by atoms with Gasteiger partial charge in [0.1, 0.15) is 6.26 Å². The highest BCUT2D eigenvalue weighted by Gasteiger charge is 2.36. The number of halogens is 1. The lowest BCUT2D eigenvalue weighted by molar-refractivity contribution is -0.144. The standard InChI is InChI=1S/C26H19ClO2/c27-23-15-12-19(13-16-23)11-14-22-18-29-26(28)24(17-20-7-3-1-4-8-20)25(22)21-9-5-2-6-10-21/h1-10,12-13,15-16,18,24-25H,17H2/t24-,25+/m0/s1. The second-order valence-electron chi connectivity index (χ2n) is 6.95. The van der Waals surface area contributed by atoms with Crippen LogP contribution in [0.25, 0.3) is 0 Å². The van der Waals surface area contributed by atoms with Crippen LogP contribution < -0.4 is 0 Å². The molecule has 0 N–H and O–H groups in total. The number of hydrogen-bond acceptors (Lipinski definition) is 2. The molecule has 2 atom stereocenters. The average Bonchev–Trinajstić information content (AvgIpc) is 2.76. The second kappa shape index (κ2) is 8.82. The smallest absolute Gasteiger partial charge is 0.315 e. The topological polar surface area (TPSA) is 26.3 Å². The maximum Gasteiger partial charge on any atom is 0.315 e. The summed E-state index contributed by atoms with van der Waals surface area (Å²) in [5.41, 5.74) is 3.81. The number of allylic oxidation sites excluding steroid dienone is 1. The Labute approximate surface area is 175 Å². The third kappa shape index (κ3) is 4.59. The van der Waals surface area contributed by atoms with E-state index in [1.54, 1.807) is 0 Å². The van der Waals surface area contributed by atoms with E-state index in [9.17, 15) is 4.79 Å². The molecule has 0 saturated heterocycles. The van der Waals surface area contributed by atoms with Crippen LogP contribution in [0, 0.1) is 17.8 Å². The van der Waals surface area contributed by atoms with Crippen LogP contribution in [0.2, 0.25) is 5.02 Å². The van der Waals surface area contributed by atoms with E-state index in [-0.39, 0.29) is 17.8 Å². The van der Waals surface area contributed by atoms with E-state index >= 15 is 0 Å². The fraction of sp³-hybridized carbons (Fsp3) is 0.115. The van der Waals surface area contributed by atoms with Crippen LogP contribution >= 0.6 is 11.6 Å². The van der Waals surface area contributed by atoms with Gasteiger partial charge >= 0.3 is 5.97 Å². The van der Waals surface area contributed by atoms with E-state index < -0.39 is 0 Å². The average molecular weight is 399 g/mol. The van der Waals surface area contributed by atoms with Crippen molar-refractivity contribution in [2.45, 2.75) is 12.3 Å². The monoisotopic (exact) mass is 398 g/mol. The summed E-state index contributed by atoms with van der Waals surface area (Å²) in [7, 11) is 0. The molecule has 0 saturated carbocycles. The molecule has 3 aromatic carbocycles. The summed E-state index contributed by atoms with van der Waals surface area (Å²) >= 11 is 5.96. The zero-order valence-electron chi connectivity index (χ0n) is 15.7. The minimum Gasteiger partial charge on any atom is -0.433 e. The highest BCUT2D eigenvalue weighted by Crippen LogP contribution is 2.38. The Hall–Kier alpha value is -3.28. The molecule has 4 rings (SSSR count). The molecule has 0 amide bonds. The molecule has 142 valence electrons. The summed E-state index contributed by atoms with van der Waals surface area (Å²) in [5.74, 6) is 5.69. The van der Waals surface area contributed by atoms with Gasteiger partial charge in [0.15, 0.2) is 0 Å². The first-order valence-electron chi connectivity index (χ1n) is 9.48. The van der Waals surface area contributed by atoms with Crippen molar-refractivity contribution in [3.63, 3.8) is 0 Å². The first-order valence-corrected chi connectivity index (χ1v) is 9.85. The minimum atomic E-state index is -0.334. The molecule has 0 fully saturated rings. The van der Waals surface area contributed by atoms with Crippen molar-refractivity contribution in [2.24, 2.45) is 5.92 Å². The summed E-state index contributed by atoms with van der Waals surface area (Å²) in [4.78, 5) is 12.7. The SMILES string of the molecule is O=C1OC=C(C#Cc2ccc(Cl)cc2)[C@@H](c2ccccc2)[C@@H]1Cc1ccccc1. The fourth-order valence-corrected chi connectivity index (χ4v) is 3.69. The highest BCUT2D eigenvalue weighted by molar-refractivity contribution is 6.30. The van der Waals surface area contributed by atoms with E-state index in [0.717, 1.165) is 22.3 Å². The largest absolute Gasteiger partial charge is 0.433 e. The van der Waals surface area contributed by atoms with E-state index in [1.165, 1.54) is 6.26 Å². The van der Waals surface area contributed by atoms with Gasteiger partial charge in [-0.25, -0.2) is 0 Å². The van der Waals surface area contributed by atoms with Gasteiger partial charge in [0.25, 0.3) is 0 Å². The number of cyclic esters (lactones) is 1. The number of ether oxygens (including phenoxy) is 1. The van der Waals surface area contributed by atoms with Gasteiger partial charge in [0, 0.05) is 22.1 Å². The molecule has 0 unspecified atom stereocenters. The number of carbonyl (C=O) groups excluding carboxylic acids is 1. The lowest BCUT2D eigenvalue weighted by Crippen LogP contribution is -2.30. The fourth-order valence-electron chi connectivity index (χ4n) is 3.56. The van der Waals surface area contributed by atoms with Crippen molar-refractivity contribution in [1.29, 1.82) is 0 Å². The Morgan fingerprint density at radius 2 is 1.48 bits per heavy atom. The number of rotatable bonds is 3. The van der Waals surface area contributed by atoms with Gasteiger partial charge in [0.05, 0.1) is 5.92 Å². The molecular formula is C26H19ClO2. The van der Waals surface area contributed by atoms with Crippen LogP contribution in [0.5, 0.6) is 0 Å². The first kappa shape index (κ1) is 19.1. The van der Waals surface area contributed by atoms with Crippen LogP contribution in [-0.2, 0) is 16.0 Å². The molecule has 0 bridgehead atoms. The van der Waals surface area contributed by atoms with Gasteiger partial charge in [0.2, 0.25) is 0 Å². The molecule has 0 aliphatic carbocycles. The Bertz CT molecular complexity index is 1070. The highest BCUT2D eigenvalue weighted by atomic mass is 35.5. The normalized spacial score (nSPS) is 18.2. The molecule has 3 aromatic rings. The summed E-state index contributed by atoms with van der Waals surface area (Å²) in [6, 6.07) is 27.4. The maximum atomic E-state index is 12.7. The molecule has 3 heteroatoms. The second-order valence-corrected chi connectivity index (χ2v) is 7.39. The Kier molecular flexibility index (Phi) is 5.79. The summed E-state index contributed by atoms with van der Waals surface area (Å²) < 4.78 is 5.41. The number of esters is 1. The quantitative estimate of drug-likeness (QED) is 0.413. The third-order valence-electron chi connectivity index (χ3n) is 4.99. The van der Waals surface area contributed by atoms with Gasteiger partial charge in [-0.1, -0.05) is 84.1 Å². The Morgan fingerprint density at radius 3 is 2.17 bits per heavy atom. The molecule has 2 nitrogen and oxygen atoms in total. The van der Waals surface area contributed by atoms with Crippen LogP contribution in [0.3, 0.4) is 0 Å². The minimum absolute atomic E-state index is 0.155. The van der Waals surface area contributed by atoms with Crippen LogP contribution in [0.15, 0.2) is 96.8 Å². The van der Waals surface area contributed by atoms with Crippen molar-refractivity contribution < 1.29 is 9.53 Å². The molecule has 0 spiro atoms. The van der Waals surface area contributed by atoms with Gasteiger partial charge < -0.3 is 4.74 Å². The van der Waals surface area contributed by atoms with Gasteiger partial charge in [-0.15, -0.1) is 0 Å². The molecule has 0 radical (unpaired) electrons. The summed E-state index contributed by atoms with van der Waals surface area (Å²) in [6.07, 6.45) is 2.10. The van der Waals surface area contributed by atoms with Gasteiger partial charge in [-0.05, 0) is 41.8 Å².